The lowest BCUT2D eigenvalue weighted by Gasteiger charge is -2.27. The molecule has 180 valence electrons. The molecule has 2 aromatic rings. The van der Waals surface area contributed by atoms with Gasteiger partial charge in [0.1, 0.15) is 6.10 Å². The summed E-state index contributed by atoms with van der Waals surface area (Å²) in [4.78, 5) is 13.2. The second-order valence-electron chi connectivity index (χ2n) is 8.95. The van der Waals surface area contributed by atoms with E-state index >= 15 is 0 Å². The van der Waals surface area contributed by atoms with Gasteiger partial charge in [-0.25, -0.2) is 0 Å². The highest BCUT2D eigenvalue weighted by Gasteiger charge is 2.22. The van der Waals surface area contributed by atoms with Gasteiger partial charge < -0.3 is 20.1 Å². The molecule has 2 N–H and O–H groups in total. The Labute approximate surface area is 199 Å². The van der Waals surface area contributed by atoms with Gasteiger partial charge in [0.2, 0.25) is 0 Å². The minimum Gasteiger partial charge on any atom is -0.379 e. The van der Waals surface area contributed by atoms with Crippen LogP contribution in [-0.4, -0.2) is 45.4 Å². The van der Waals surface area contributed by atoms with E-state index in [1.54, 1.807) is 0 Å². The molecule has 2 atom stereocenters. The Morgan fingerprint density at radius 1 is 1.00 bits per heavy atom. The fourth-order valence-electron chi connectivity index (χ4n) is 4.76. The first-order chi connectivity index (χ1) is 16.2. The van der Waals surface area contributed by atoms with Crippen LogP contribution < -0.4 is 10.6 Å². The Kier molecular flexibility index (Phi) is 10.9. The molecule has 2 aromatic carbocycles. The Morgan fingerprint density at radius 2 is 1.76 bits per heavy atom. The molecule has 3 rings (SSSR count). The fraction of sp³-hybridized carbons (Fsp3) is 0.536. The van der Waals surface area contributed by atoms with Crippen LogP contribution in [0.1, 0.15) is 73.0 Å². The summed E-state index contributed by atoms with van der Waals surface area (Å²) < 4.78 is 11.7. The summed E-state index contributed by atoms with van der Waals surface area (Å²) in [5, 5.41) is 6.54. The zero-order chi connectivity index (χ0) is 23.3. The van der Waals surface area contributed by atoms with E-state index in [1.807, 2.05) is 56.4 Å². The quantitative estimate of drug-likeness (QED) is 0.414. The average molecular weight is 453 g/mol. The van der Waals surface area contributed by atoms with Gasteiger partial charge in [-0.3, -0.25) is 4.79 Å². The maximum absolute atomic E-state index is 13.2. The summed E-state index contributed by atoms with van der Waals surface area (Å²) in [7, 11) is 1.95. The van der Waals surface area contributed by atoms with Crippen LogP contribution in [0.5, 0.6) is 0 Å². The van der Waals surface area contributed by atoms with E-state index in [9.17, 15) is 4.79 Å². The van der Waals surface area contributed by atoms with Gasteiger partial charge in [0.15, 0.2) is 0 Å². The number of benzene rings is 2. The number of rotatable bonds is 13. The number of ether oxygens (including phenoxy) is 2. The van der Waals surface area contributed by atoms with Crippen LogP contribution in [0.25, 0.3) is 0 Å². The SMILES string of the molecule is CCOCCO[C@@H](c1ccccc1)c1cccc(C(=O)NC(CNC)CC2CCCCC2)c1. The van der Waals surface area contributed by atoms with Crippen molar-refractivity contribution in [2.75, 3.05) is 33.4 Å². The van der Waals surface area contributed by atoms with E-state index in [0.29, 0.717) is 31.3 Å². The first-order valence-corrected chi connectivity index (χ1v) is 12.5. The molecule has 0 aliphatic heterocycles. The van der Waals surface area contributed by atoms with E-state index in [-0.39, 0.29) is 18.1 Å². The number of nitrogens with one attached hydrogen (secondary N) is 2. The highest BCUT2D eigenvalue weighted by atomic mass is 16.5. The maximum Gasteiger partial charge on any atom is 0.251 e. The first-order valence-electron chi connectivity index (χ1n) is 12.5. The molecule has 5 nitrogen and oxygen atoms in total. The third-order valence-electron chi connectivity index (χ3n) is 6.40. The van der Waals surface area contributed by atoms with E-state index in [4.69, 9.17) is 9.47 Å². The maximum atomic E-state index is 13.2. The van der Waals surface area contributed by atoms with Gasteiger partial charge in [0.25, 0.3) is 5.91 Å². The lowest BCUT2D eigenvalue weighted by molar-refractivity contribution is 0.0233. The molecule has 0 bridgehead atoms. The number of carbonyl (C=O) groups excluding carboxylic acids is 1. The van der Waals surface area contributed by atoms with E-state index in [0.717, 1.165) is 24.1 Å². The zero-order valence-corrected chi connectivity index (χ0v) is 20.2. The summed E-state index contributed by atoms with van der Waals surface area (Å²) in [6.07, 6.45) is 7.34. The van der Waals surface area contributed by atoms with E-state index < -0.39 is 0 Å². The molecule has 1 aliphatic rings. The van der Waals surface area contributed by atoms with Crippen molar-refractivity contribution in [3.63, 3.8) is 0 Å². The lowest BCUT2D eigenvalue weighted by Crippen LogP contribution is -2.42. The summed E-state index contributed by atoms with van der Waals surface area (Å²) >= 11 is 0. The highest BCUT2D eigenvalue weighted by molar-refractivity contribution is 5.94. The smallest absolute Gasteiger partial charge is 0.251 e. The molecule has 1 unspecified atom stereocenters. The molecule has 0 spiro atoms. The van der Waals surface area contributed by atoms with Gasteiger partial charge in [-0.15, -0.1) is 0 Å². The number of likely N-dealkylation sites (N-methyl/N-ethyl adjacent to an activating group) is 1. The number of carbonyl (C=O) groups is 1. The van der Waals surface area contributed by atoms with Gasteiger partial charge in [0.05, 0.1) is 13.2 Å². The van der Waals surface area contributed by atoms with Crippen LogP contribution in [0.3, 0.4) is 0 Å². The van der Waals surface area contributed by atoms with Crippen LogP contribution in [0.15, 0.2) is 54.6 Å². The Morgan fingerprint density at radius 3 is 2.48 bits per heavy atom. The van der Waals surface area contributed by atoms with Crippen molar-refractivity contribution in [3.05, 3.63) is 71.3 Å². The third kappa shape index (κ3) is 8.26. The molecule has 0 saturated heterocycles. The summed E-state index contributed by atoms with van der Waals surface area (Å²) in [5.41, 5.74) is 2.71. The molecule has 1 fully saturated rings. The van der Waals surface area contributed by atoms with E-state index in [2.05, 4.69) is 22.8 Å². The minimum atomic E-state index is -0.241. The predicted octanol–water partition coefficient (Wildman–Crippen LogP) is 5.12. The molecule has 1 amide bonds. The molecule has 1 saturated carbocycles. The van der Waals surface area contributed by atoms with Crippen LogP contribution in [-0.2, 0) is 9.47 Å². The van der Waals surface area contributed by atoms with Crippen LogP contribution >= 0.6 is 0 Å². The Balaban J connectivity index is 1.71. The Bertz CT molecular complexity index is 821. The summed E-state index contributed by atoms with van der Waals surface area (Å²) in [6, 6.07) is 18.1. The van der Waals surface area contributed by atoms with Gasteiger partial charge in [-0.1, -0.05) is 74.6 Å². The standard InChI is InChI=1S/C28H40N2O3/c1-3-32-17-18-33-27(23-13-8-5-9-14-23)24-15-10-16-25(20-24)28(31)30-26(21-29-2)19-22-11-6-4-7-12-22/h5,8-10,13-16,20,22,26-27,29H,3-4,6-7,11-12,17-19,21H2,1-2H3,(H,30,31)/t26?,27-/m0/s1. The van der Waals surface area contributed by atoms with Crippen molar-refractivity contribution in [2.24, 2.45) is 5.92 Å². The van der Waals surface area contributed by atoms with Crippen molar-refractivity contribution < 1.29 is 14.3 Å². The molecule has 5 heteroatoms. The van der Waals surface area contributed by atoms with Crippen molar-refractivity contribution in [1.82, 2.24) is 10.6 Å². The second-order valence-corrected chi connectivity index (χ2v) is 8.95. The number of hydrogen-bond acceptors (Lipinski definition) is 4. The molecule has 33 heavy (non-hydrogen) atoms. The molecule has 0 aromatic heterocycles. The first kappa shape index (κ1) is 25.4. The van der Waals surface area contributed by atoms with Crippen LogP contribution in [0, 0.1) is 5.92 Å². The normalized spacial score (nSPS) is 16.3. The third-order valence-corrected chi connectivity index (χ3v) is 6.40. The summed E-state index contributed by atoms with van der Waals surface area (Å²) in [6.45, 7) is 4.48. The lowest BCUT2D eigenvalue weighted by atomic mass is 9.84. The van der Waals surface area contributed by atoms with Crippen molar-refractivity contribution in [2.45, 2.75) is 57.6 Å². The van der Waals surface area contributed by atoms with Gasteiger partial charge >= 0.3 is 0 Å². The monoisotopic (exact) mass is 452 g/mol. The van der Waals surface area contributed by atoms with Crippen LogP contribution in [0.4, 0.5) is 0 Å². The zero-order valence-electron chi connectivity index (χ0n) is 20.2. The molecular weight excluding hydrogens is 412 g/mol. The number of hydrogen-bond donors (Lipinski definition) is 2. The van der Waals surface area contributed by atoms with Crippen molar-refractivity contribution in [3.8, 4) is 0 Å². The molecule has 0 heterocycles. The van der Waals surface area contributed by atoms with Gasteiger partial charge in [-0.05, 0) is 49.6 Å². The second kappa shape index (κ2) is 14.1. The Hall–Kier alpha value is -2.21. The number of amides is 1. The predicted molar refractivity (Wildman–Crippen MR) is 134 cm³/mol. The van der Waals surface area contributed by atoms with Crippen molar-refractivity contribution in [1.29, 1.82) is 0 Å². The molecule has 0 radical (unpaired) electrons. The molecular formula is C28H40N2O3. The van der Waals surface area contributed by atoms with E-state index in [1.165, 1.54) is 32.1 Å². The molecule has 1 aliphatic carbocycles. The minimum absolute atomic E-state index is 0.0194. The fourth-order valence-corrected chi connectivity index (χ4v) is 4.76. The highest BCUT2D eigenvalue weighted by Crippen LogP contribution is 2.28. The van der Waals surface area contributed by atoms with Gasteiger partial charge in [0, 0.05) is 24.8 Å². The van der Waals surface area contributed by atoms with Gasteiger partial charge in [-0.2, -0.15) is 0 Å². The topological polar surface area (TPSA) is 59.6 Å². The summed E-state index contributed by atoms with van der Waals surface area (Å²) in [5.74, 6) is 0.693. The largest absolute Gasteiger partial charge is 0.379 e. The van der Waals surface area contributed by atoms with Crippen LogP contribution in [0.2, 0.25) is 0 Å². The van der Waals surface area contributed by atoms with Crippen molar-refractivity contribution >= 4 is 5.91 Å². The average Bonchev–Trinajstić information content (AvgIpc) is 2.85.